The van der Waals surface area contributed by atoms with Crippen LogP contribution in [0.25, 0.3) is 0 Å². The van der Waals surface area contributed by atoms with Gasteiger partial charge in [-0.1, -0.05) is 0 Å². The highest BCUT2D eigenvalue weighted by molar-refractivity contribution is 5.68. The highest BCUT2D eigenvalue weighted by Gasteiger charge is 2.30. The predicted molar refractivity (Wildman–Crippen MR) is 79.5 cm³/mol. The fraction of sp³-hybridized carbons (Fsp3) is 0.933. The van der Waals surface area contributed by atoms with E-state index in [2.05, 4.69) is 5.32 Å². The van der Waals surface area contributed by atoms with Gasteiger partial charge in [-0.15, -0.1) is 0 Å². The van der Waals surface area contributed by atoms with E-state index < -0.39 is 5.60 Å². The van der Waals surface area contributed by atoms with Crippen LogP contribution < -0.4 is 11.1 Å². The van der Waals surface area contributed by atoms with Gasteiger partial charge in [0.05, 0.1) is 0 Å². The van der Waals surface area contributed by atoms with Gasteiger partial charge >= 0.3 is 6.09 Å². The van der Waals surface area contributed by atoms with Gasteiger partial charge in [0.2, 0.25) is 0 Å². The van der Waals surface area contributed by atoms with E-state index in [0.29, 0.717) is 18.0 Å². The van der Waals surface area contributed by atoms with E-state index in [1.807, 2.05) is 25.7 Å². The molecule has 3 N–H and O–H groups in total. The number of rotatable bonds is 3. The van der Waals surface area contributed by atoms with Crippen molar-refractivity contribution in [3.05, 3.63) is 0 Å². The zero-order chi connectivity index (χ0) is 14.8. The molecule has 5 nitrogen and oxygen atoms in total. The van der Waals surface area contributed by atoms with Gasteiger partial charge < -0.3 is 20.7 Å². The zero-order valence-electron chi connectivity index (χ0n) is 13.0. The lowest BCUT2D eigenvalue weighted by Crippen LogP contribution is -2.39. The van der Waals surface area contributed by atoms with E-state index in [-0.39, 0.29) is 6.09 Å². The Morgan fingerprint density at radius 3 is 2.70 bits per heavy atom. The number of amides is 1. The minimum atomic E-state index is -0.414. The van der Waals surface area contributed by atoms with Gasteiger partial charge in [-0.3, -0.25) is 0 Å². The molecule has 3 unspecified atom stereocenters. The molecule has 0 bridgehead atoms. The second-order valence-electron chi connectivity index (χ2n) is 7.26. The van der Waals surface area contributed by atoms with Crippen LogP contribution in [0.15, 0.2) is 0 Å². The Bertz CT molecular complexity index is 341. The number of ether oxygens (including phenoxy) is 1. The average molecular weight is 283 g/mol. The van der Waals surface area contributed by atoms with E-state index in [1.54, 1.807) is 0 Å². The van der Waals surface area contributed by atoms with E-state index in [4.69, 9.17) is 10.5 Å². The van der Waals surface area contributed by atoms with Crippen molar-refractivity contribution in [2.45, 2.75) is 64.1 Å². The molecule has 2 aliphatic rings. The molecule has 1 heterocycles. The number of hydrogen-bond acceptors (Lipinski definition) is 4. The van der Waals surface area contributed by atoms with E-state index in [1.165, 1.54) is 6.42 Å². The smallest absolute Gasteiger partial charge is 0.410 e. The van der Waals surface area contributed by atoms with Crippen molar-refractivity contribution >= 4 is 6.09 Å². The molecule has 2 fully saturated rings. The Labute approximate surface area is 122 Å². The van der Waals surface area contributed by atoms with Crippen molar-refractivity contribution in [2.24, 2.45) is 11.7 Å². The number of nitrogens with zero attached hydrogens (tertiary/aromatic N) is 1. The highest BCUT2D eigenvalue weighted by atomic mass is 16.6. The zero-order valence-corrected chi connectivity index (χ0v) is 13.0. The van der Waals surface area contributed by atoms with Crippen LogP contribution in [0.3, 0.4) is 0 Å². The molecule has 0 aromatic heterocycles. The molecule has 1 saturated carbocycles. The van der Waals surface area contributed by atoms with E-state index >= 15 is 0 Å². The molecule has 3 atom stereocenters. The molecule has 5 heteroatoms. The van der Waals surface area contributed by atoms with Crippen molar-refractivity contribution in [3.63, 3.8) is 0 Å². The molecule has 0 aromatic carbocycles. The molecule has 1 aliphatic carbocycles. The molecule has 20 heavy (non-hydrogen) atoms. The Balaban J connectivity index is 1.68. The molecule has 1 aliphatic heterocycles. The lowest BCUT2D eigenvalue weighted by Gasteiger charge is -2.24. The molecular formula is C15H29N3O2. The number of carbonyl (C=O) groups is 1. The third-order valence-electron chi connectivity index (χ3n) is 4.12. The number of nitrogens with two attached hydrogens (primary N) is 1. The summed E-state index contributed by atoms with van der Waals surface area (Å²) in [4.78, 5) is 13.8. The lowest BCUT2D eigenvalue weighted by molar-refractivity contribution is 0.0291. The second kappa shape index (κ2) is 6.31. The number of likely N-dealkylation sites (tertiary alicyclic amines) is 1. The van der Waals surface area contributed by atoms with Crippen LogP contribution in [0.4, 0.5) is 4.79 Å². The minimum Gasteiger partial charge on any atom is -0.444 e. The molecule has 0 radical (unpaired) electrons. The van der Waals surface area contributed by atoms with Gasteiger partial charge in [-0.2, -0.15) is 0 Å². The van der Waals surface area contributed by atoms with Gasteiger partial charge in [0.15, 0.2) is 0 Å². The predicted octanol–water partition coefficient (Wildman–Crippen LogP) is 1.71. The third kappa shape index (κ3) is 4.63. The number of carbonyl (C=O) groups excluding carboxylic acids is 1. The fourth-order valence-corrected chi connectivity index (χ4v) is 3.05. The Hall–Kier alpha value is -0.810. The fourth-order valence-electron chi connectivity index (χ4n) is 3.05. The van der Waals surface area contributed by atoms with Gasteiger partial charge in [0.25, 0.3) is 0 Å². The maximum atomic E-state index is 12.0. The second-order valence-corrected chi connectivity index (χ2v) is 7.26. The van der Waals surface area contributed by atoms with Gasteiger partial charge in [-0.25, -0.2) is 4.79 Å². The summed E-state index contributed by atoms with van der Waals surface area (Å²) >= 11 is 0. The third-order valence-corrected chi connectivity index (χ3v) is 4.12. The quantitative estimate of drug-likeness (QED) is 0.827. The van der Waals surface area contributed by atoms with Crippen LogP contribution in [-0.2, 0) is 4.74 Å². The van der Waals surface area contributed by atoms with Crippen molar-refractivity contribution in [1.29, 1.82) is 0 Å². The summed E-state index contributed by atoms with van der Waals surface area (Å²) in [6.07, 6.45) is 4.34. The topological polar surface area (TPSA) is 67.6 Å². The average Bonchev–Trinajstić information content (AvgIpc) is 2.93. The summed E-state index contributed by atoms with van der Waals surface area (Å²) in [5.74, 6) is 0.709. The van der Waals surface area contributed by atoms with Crippen LogP contribution >= 0.6 is 0 Å². The summed E-state index contributed by atoms with van der Waals surface area (Å²) in [5, 5.41) is 3.59. The van der Waals surface area contributed by atoms with E-state index in [0.717, 1.165) is 38.9 Å². The van der Waals surface area contributed by atoms with Crippen LogP contribution in [0.2, 0.25) is 0 Å². The molecule has 116 valence electrons. The number of hydrogen-bond donors (Lipinski definition) is 2. The maximum absolute atomic E-state index is 12.0. The summed E-state index contributed by atoms with van der Waals surface area (Å²) in [6.45, 7) is 8.28. The largest absolute Gasteiger partial charge is 0.444 e. The Kier molecular flexibility index (Phi) is 4.91. The summed E-state index contributed by atoms with van der Waals surface area (Å²) < 4.78 is 5.40. The summed E-state index contributed by atoms with van der Waals surface area (Å²) in [7, 11) is 0. The summed E-state index contributed by atoms with van der Waals surface area (Å²) in [5.41, 5.74) is 5.52. The minimum absolute atomic E-state index is 0.190. The van der Waals surface area contributed by atoms with Crippen molar-refractivity contribution in [2.75, 3.05) is 19.6 Å². The van der Waals surface area contributed by atoms with Gasteiger partial charge in [-0.05, 0) is 58.9 Å². The Morgan fingerprint density at radius 2 is 2.10 bits per heavy atom. The van der Waals surface area contributed by atoms with Crippen LogP contribution in [0, 0.1) is 5.92 Å². The monoisotopic (exact) mass is 283 g/mol. The van der Waals surface area contributed by atoms with Gasteiger partial charge in [0, 0.05) is 25.2 Å². The molecule has 1 amide bonds. The first-order valence-electron chi connectivity index (χ1n) is 7.80. The van der Waals surface area contributed by atoms with Crippen molar-refractivity contribution in [3.8, 4) is 0 Å². The molecule has 0 spiro atoms. The normalized spacial score (nSPS) is 30.8. The molecule has 1 saturated heterocycles. The van der Waals surface area contributed by atoms with Crippen LogP contribution in [-0.4, -0.2) is 48.3 Å². The Morgan fingerprint density at radius 1 is 1.35 bits per heavy atom. The van der Waals surface area contributed by atoms with Crippen molar-refractivity contribution in [1.82, 2.24) is 10.2 Å². The number of nitrogens with one attached hydrogen (secondary N) is 1. The lowest BCUT2D eigenvalue weighted by atomic mass is 10.1. The van der Waals surface area contributed by atoms with Gasteiger partial charge in [0.1, 0.15) is 5.60 Å². The SMILES string of the molecule is CC(C)(C)OC(=O)N1CCC(NCC2CCC(N)C2)C1. The van der Waals surface area contributed by atoms with Crippen molar-refractivity contribution < 1.29 is 9.53 Å². The molecular weight excluding hydrogens is 254 g/mol. The van der Waals surface area contributed by atoms with Crippen LogP contribution in [0.5, 0.6) is 0 Å². The maximum Gasteiger partial charge on any atom is 0.410 e. The highest BCUT2D eigenvalue weighted by Crippen LogP contribution is 2.24. The summed E-state index contributed by atoms with van der Waals surface area (Å²) in [6, 6.07) is 0.794. The molecule has 2 rings (SSSR count). The van der Waals surface area contributed by atoms with Crippen LogP contribution in [0.1, 0.15) is 46.5 Å². The standard InChI is InChI=1S/C15H29N3O2/c1-15(2,3)20-14(19)18-7-6-13(10-18)17-9-11-4-5-12(16)8-11/h11-13,17H,4-10,16H2,1-3H3. The first-order chi connectivity index (χ1) is 9.33. The van der Waals surface area contributed by atoms with E-state index in [9.17, 15) is 4.79 Å². The first kappa shape index (κ1) is 15.6. The first-order valence-corrected chi connectivity index (χ1v) is 7.80. The molecule has 0 aromatic rings.